The van der Waals surface area contributed by atoms with Gasteiger partial charge in [-0.1, -0.05) is 24.6 Å². The number of ketones is 2. The van der Waals surface area contributed by atoms with Crippen molar-refractivity contribution >= 4 is 11.6 Å². The molecule has 0 aromatic heterocycles. The van der Waals surface area contributed by atoms with Crippen molar-refractivity contribution in [3.8, 4) is 0 Å². The van der Waals surface area contributed by atoms with E-state index in [2.05, 4.69) is 26.0 Å². The van der Waals surface area contributed by atoms with Crippen LogP contribution in [-0.4, -0.2) is 23.3 Å². The maximum Gasteiger partial charge on any atom is 0.178 e. The van der Waals surface area contributed by atoms with Crippen LogP contribution in [0.4, 0.5) is 0 Å². The van der Waals surface area contributed by atoms with Gasteiger partial charge < -0.3 is 4.74 Å². The summed E-state index contributed by atoms with van der Waals surface area (Å²) in [6.45, 7) is 6.23. The van der Waals surface area contributed by atoms with Crippen molar-refractivity contribution in [1.82, 2.24) is 0 Å². The van der Waals surface area contributed by atoms with Crippen LogP contribution in [-0.2, 0) is 14.3 Å². The topological polar surface area (TPSA) is 46.7 Å². The quantitative estimate of drug-likeness (QED) is 0.693. The molecule has 126 valence electrons. The van der Waals surface area contributed by atoms with Crippen molar-refractivity contribution in [2.75, 3.05) is 0 Å². The van der Waals surface area contributed by atoms with E-state index < -0.39 is 0 Å². The van der Waals surface area contributed by atoms with E-state index in [1.165, 1.54) is 5.57 Å². The van der Waals surface area contributed by atoms with E-state index in [1.807, 2.05) is 6.08 Å². The van der Waals surface area contributed by atoms with Crippen LogP contribution in [0.5, 0.6) is 0 Å². The number of rotatable bonds is 1. The monoisotopic (exact) mass is 324 g/mol. The molecular weight excluding hydrogens is 300 g/mol. The highest BCUT2D eigenvalue weighted by atomic mass is 16.6. The van der Waals surface area contributed by atoms with Crippen molar-refractivity contribution in [1.29, 1.82) is 0 Å². The Morgan fingerprint density at radius 2 is 2.08 bits per heavy atom. The minimum Gasteiger partial charge on any atom is -0.364 e. The second kappa shape index (κ2) is 4.19. The molecule has 0 amide bonds. The van der Waals surface area contributed by atoms with Gasteiger partial charge in [0.15, 0.2) is 11.6 Å². The Hall–Kier alpha value is -1.48. The van der Waals surface area contributed by atoms with Crippen LogP contribution in [0.2, 0.25) is 0 Å². The molecule has 0 N–H and O–H groups in total. The molecule has 0 bridgehead atoms. The summed E-state index contributed by atoms with van der Waals surface area (Å²) in [6, 6.07) is 0. The van der Waals surface area contributed by atoms with E-state index >= 15 is 0 Å². The average Bonchev–Trinajstić information content (AvgIpc) is 3.12. The Balaban J connectivity index is 1.59. The third kappa shape index (κ3) is 1.45. The lowest BCUT2D eigenvalue weighted by Gasteiger charge is -2.54. The van der Waals surface area contributed by atoms with Crippen LogP contribution in [0.1, 0.15) is 46.5 Å². The molecule has 0 aromatic carbocycles. The van der Waals surface area contributed by atoms with Crippen molar-refractivity contribution in [2.24, 2.45) is 22.7 Å². The van der Waals surface area contributed by atoms with E-state index in [-0.39, 0.29) is 34.1 Å². The Bertz CT molecular complexity index is 772. The predicted octanol–water partition coefficient (Wildman–Crippen LogP) is 3.55. The first-order chi connectivity index (χ1) is 11.3. The number of ether oxygens (including phenoxy) is 1. The van der Waals surface area contributed by atoms with E-state index in [0.717, 1.165) is 31.3 Å². The molecule has 3 heteroatoms. The van der Waals surface area contributed by atoms with Gasteiger partial charge in [-0.15, -0.1) is 0 Å². The predicted molar refractivity (Wildman–Crippen MR) is 90.3 cm³/mol. The molecule has 24 heavy (non-hydrogen) atoms. The molecule has 1 spiro atoms. The summed E-state index contributed by atoms with van der Waals surface area (Å²) in [5.74, 6) is 1.28. The summed E-state index contributed by atoms with van der Waals surface area (Å²) in [6.07, 6.45) is 12.0. The molecule has 5 rings (SSSR count). The van der Waals surface area contributed by atoms with Gasteiger partial charge in [-0.2, -0.15) is 0 Å². The minimum atomic E-state index is -0.158. The minimum absolute atomic E-state index is 0.0348. The SMILES string of the molecule is CC(=O)C1=CC[C@H]2[C@@H]3CCC4=CC(=O)C=C[C@]4(C)C34OC4C[C@]12C. The first kappa shape index (κ1) is 14.8. The molecule has 5 aliphatic rings. The van der Waals surface area contributed by atoms with Crippen LogP contribution >= 0.6 is 0 Å². The van der Waals surface area contributed by atoms with Crippen LogP contribution in [0.25, 0.3) is 0 Å². The number of hydrogen-bond acceptors (Lipinski definition) is 3. The lowest BCUT2D eigenvalue weighted by Crippen LogP contribution is -2.56. The molecule has 3 nitrogen and oxygen atoms in total. The molecule has 6 atom stereocenters. The highest BCUT2D eigenvalue weighted by Gasteiger charge is 2.78. The van der Waals surface area contributed by atoms with Gasteiger partial charge >= 0.3 is 0 Å². The lowest BCUT2D eigenvalue weighted by atomic mass is 9.47. The molecule has 0 aromatic rings. The van der Waals surface area contributed by atoms with Gasteiger partial charge in [0, 0.05) is 10.8 Å². The smallest absolute Gasteiger partial charge is 0.178 e. The zero-order valence-electron chi connectivity index (χ0n) is 14.6. The normalized spacial score (nSPS) is 51.0. The van der Waals surface area contributed by atoms with Crippen LogP contribution in [0, 0.1) is 22.7 Å². The number of carbonyl (C=O) groups excluding carboxylic acids is 2. The third-order valence-electron chi connectivity index (χ3n) is 7.89. The van der Waals surface area contributed by atoms with E-state index in [4.69, 9.17) is 4.74 Å². The van der Waals surface area contributed by atoms with E-state index in [1.54, 1.807) is 13.0 Å². The first-order valence-corrected chi connectivity index (χ1v) is 9.16. The van der Waals surface area contributed by atoms with Gasteiger partial charge in [-0.3, -0.25) is 9.59 Å². The van der Waals surface area contributed by atoms with Crippen LogP contribution in [0.15, 0.2) is 35.5 Å². The number of allylic oxidation sites excluding steroid dienone is 4. The lowest BCUT2D eigenvalue weighted by molar-refractivity contribution is -0.115. The number of carbonyl (C=O) groups is 2. The van der Waals surface area contributed by atoms with Crippen molar-refractivity contribution < 1.29 is 14.3 Å². The second-order valence-electron chi connectivity index (χ2n) is 8.79. The molecular formula is C21H24O3. The molecule has 0 radical (unpaired) electrons. The largest absolute Gasteiger partial charge is 0.364 e. The maximum atomic E-state index is 12.1. The Labute approximate surface area is 142 Å². The summed E-state index contributed by atoms with van der Waals surface area (Å²) in [5, 5.41) is 0. The summed E-state index contributed by atoms with van der Waals surface area (Å²) < 4.78 is 6.46. The highest BCUT2D eigenvalue weighted by Crippen LogP contribution is 2.74. The van der Waals surface area contributed by atoms with Gasteiger partial charge in [-0.25, -0.2) is 0 Å². The van der Waals surface area contributed by atoms with Gasteiger partial charge in [0.05, 0.1) is 6.10 Å². The molecule has 1 heterocycles. The molecule has 2 unspecified atom stereocenters. The summed E-state index contributed by atoms with van der Waals surface area (Å²) in [5.41, 5.74) is 1.92. The number of fused-ring (bicyclic) bond motifs is 3. The van der Waals surface area contributed by atoms with Crippen molar-refractivity contribution in [3.05, 3.63) is 35.5 Å². The molecule has 1 saturated heterocycles. The van der Waals surface area contributed by atoms with E-state index in [0.29, 0.717) is 11.8 Å². The number of hydrogen-bond donors (Lipinski definition) is 0. The van der Waals surface area contributed by atoms with Crippen LogP contribution < -0.4 is 0 Å². The van der Waals surface area contributed by atoms with Crippen LogP contribution in [0.3, 0.4) is 0 Å². The molecule has 3 fully saturated rings. The summed E-state index contributed by atoms with van der Waals surface area (Å²) in [4.78, 5) is 24.0. The fourth-order valence-electron chi connectivity index (χ4n) is 6.77. The van der Waals surface area contributed by atoms with Gasteiger partial charge in [0.1, 0.15) is 5.60 Å². The number of epoxide rings is 1. The Morgan fingerprint density at radius 1 is 1.29 bits per heavy atom. The van der Waals surface area contributed by atoms with Gasteiger partial charge in [0.25, 0.3) is 0 Å². The molecule has 2 saturated carbocycles. The second-order valence-corrected chi connectivity index (χ2v) is 8.79. The van der Waals surface area contributed by atoms with Crippen molar-refractivity contribution in [2.45, 2.75) is 58.2 Å². The zero-order valence-corrected chi connectivity index (χ0v) is 14.6. The zero-order chi connectivity index (χ0) is 16.9. The van der Waals surface area contributed by atoms with Crippen molar-refractivity contribution in [3.63, 3.8) is 0 Å². The standard InChI is InChI=1S/C21H24O3/c1-12(22)15-6-7-16-17-5-4-13-10-14(23)8-9-20(13,3)21(17)18(24-21)11-19(15,16)2/h6,8-10,16-18H,4-5,7,11H2,1-3H3/t16-,17-,18?,19+,20-,21?/m0/s1. The van der Waals surface area contributed by atoms with Gasteiger partial charge in [0.2, 0.25) is 0 Å². The van der Waals surface area contributed by atoms with Gasteiger partial charge in [-0.05, 0) is 69.1 Å². The Kier molecular flexibility index (Phi) is 2.59. The maximum absolute atomic E-state index is 12.1. The molecule has 1 aliphatic heterocycles. The third-order valence-corrected chi connectivity index (χ3v) is 7.89. The highest BCUT2D eigenvalue weighted by molar-refractivity contribution is 6.01. The fraction of sp³-hybridized carbons (Fsp3) is 0.619. The fourth-order valence-corrected chi connectivity index (χ4v) is 6.77. The van der Waals surface area contributed by atoms with E-state index in [9.17, 15) is 9.59 Å². The summed E-state index contributed by atoms with van der Waals surface area (Å²) in [7, 11) is 0. The first-order valence-electron chi connectivity index (χ1n) is 9.16. The molecule has 4 aliphatic carbocycles. The Morgan fingerprint density at radius 3 is 2.83 bits per heavy atom. The summed E-state index contributed by atoms with van der Waals surface area (Å²) >= 11 is 0. The average molecular weight is 324 g/mol. The number of Topliss-reactive ketones (excluding diaryl/α,β-unsaturated/α-hetero) is 1.